The molecule has 0 radical (unpaired) electrons. The topological polar surface area (TPSA) is 30.7 Å². The summed E-state index contributed by atoms with van der Waals surface area (Å²) in [5.41, 5.74) is 1.76. The van der Waals surface area contributed by atoms with Crippen LogP contribution in [0.15, 0.2) is 36.7 Å². The first-order chi connectivity index (χ1) is 7.07. The highest BCUT2D eigenvalue weighted by molar-refractivity contribution is 7.81. The maximum Gasteiger partial charge on any atom is 0.111 e. The Morgan fingerprint density at radius 1 is 1.20 bits per heavy atom. The van der Waals surface area contributed by atoms with E-state index >= 15 is 0 Å². The number of pyridine rings is 1. The van der Waals surface area contributed by atoms with Crippen molar-refractivity contribution < 1.29 is 0 Å². The van der Waals surface area contributed by atoms with Gasteiger partial charge in [0.1, 0.15) is 5.69 Å². The lowest BCUT2D eigenvalue weighted by molar-refractivity contribution is 0.483. The van der Waals surface area contributed by atoms with Crippen molar-refractivity contribution in [1.29, 1.82) is 0 Å². The molecule has 0 fully saturated rings. The highest BCUT2D eigenvalue weighted by Gasteiger charge is 2.15. The molecule has 4 heteroatoms. The van der Waals surface area contributed by atoms with Crippen molar-refractivity contribution >= 4 is 12.6 Å². The summed E-state index contributed by atoms with van der Waals surface area (Å²) in [5.74, 6) is 0. The Labute approximate surface area is 94.6 Å². The summed E-state index contributed by atoms with van der Waals surface area (Å²) in [7, 11) is 0. The number of rotatable bonds is 2. The predicted molar refractivity (Wildman–Crippen MR) is 63.8 cm³/mol. The summed E-state index contributed by atoms with van der Waals surface area (Å²) >= 11 is 4.45. The van der Waals surface area contributed by atoms with E-state index in [1.807, 2.05) is 49.0 Å². The predicted octanol–water partition coefficient (Wildman–Crippen LogP) is 2.57. The zero-order chi connectivity index (χ0) is 10.9. The molecule has 0 aliphatic heterocycles. The van der Waals surface area contributed by atoms with Crippen molar-refractivity contribution in [2.45, 2.75) is 18.7 Å². The molecule has 2 heterocycles. The van der Waals surface area contributed by atoms with Crippen LogP contribution in [0.1, 0.15) is 13.8 Å². The molecule has 0 saturated heterocycles. The van der Waals surface area contributed by atoms with Gasteiger partial charge < -0.3 is 0 Å². The van der Waals surface area contributed by atoms with Gasteiger partial charge in [-0.15, -0.1) is 12.6 Å². The van der Waals surface area contributed by atoms with E-state index in [9.17, 15) is 0 Å². The SMILES string of the molecule is CC(C)(S)n1ccc(-c2ccccn2)n1. The van der Waals surface area contributed by atoms with E-state index in [0.29, 0.717) is 0 Å². The molecule has 0 N–H and O–H groups in total. The zero-order valence-corrected chi connectivity index (χ0v) is 9.65. The third-order valence-corrected chi connectivity index (χ3v) is 2.28. The fourth-order valence-corrected chi connectivity index (χ4v) is 1.39. The second-order valence-corrected chi connectivity index (χ2v) is 4.95. The van der Waals surface area contributed by atoms with Gasteiger partial charge in [0, 0.05) is 12.4 Å². The first-order valence-corrected chi connectivity index (χ1v) is 5.22. The van der Waals surface area contributed by atoms with Crippen molar-refractivity contribution in [3.05, 3.63) is 36.7 Å². The highest BCUT2D eigenvalue weighted by atomic mass is 32.1. The van der Waals surface area contributed by atoms with Crippen molar-refractivity contribution in [2.75, 3.05) is 0 Å². The molecule has 0 saturated carbocycles. The molecular weight excluding hydrogens is 206 g/mol. The van der Waals surface area contributed by atoms with Gasteiger partial charge in [-0.3, -0.25) is 9.67 Å². The van der Waals surface area contributed by atoms with Crippen LogP contribution in [0, 0.1) is 0 Å². The smallest absolute Gasteiger partial charge is 0.111 e. The molecule has 2 rings (SSSR count). The average molecular weight is 219 g/mol. The van der Waals surface area contributed by atoms with Gasteiger partial charge in [0.15, 0.2) is 0 Å². The Balaban J connectivity index is 2.37. The fraction of sp³-hybridized carbons (Fsp3) is 0.273. The van der Waals surface area contributed by atoms with Crippen molar-refractivity contribution in [3.63, 3.8) is 0 Å². The molecule has 0 aromatic carbocycles. The third kappa shape index (κ3) is 2.21. The van der Waals surface area contributed by atoms with Crippen LogP contribution < -0.4 is 0 Å². The van der Waals surface area contributed by atoms with Gasteiger partial charge in [0.05, 0.1) is 10.6 Å². The molecule has 2 aromatic heterocycles. The molecule has 15 heavy (non-hydrogen) atoms. The van der Waals surface area contributed by atoms with E-state index in [1.54, 1.807) is 6.20 Å². The molecule has 0 atom stereocenters. The minimum atomic E-state index is -0.285. The quantitative estimate of drug-likeness (QED) is 0.787. The van der Waals surface area contributed by atoms with Gasteiger partial charge in [0.25, 0.3) is 0 Å². The minimum absolute atomic E-state index is 0.285. The third-order valence-electron chi connectivity index (χ3n) is 2.08. The number of hydrogen-bond donors (Lipinski definition) is 1. The van der Waals surface area contributed by atoms with Crippen LogP contribution in [0.5, 0.6) is 0 Å². The monoisotopic (exact) mass is 219 g/mol. The summed E-state index contributed by atoms with van der Waals surface area (Å²) in [5, 5.41) is 4.43. The maximum absolute atomic E-state index is 4.45. The standard InChI is InChI=1S/C11H13N3S/c1-11(2,15)14-8-6-10(13-14)9-5-3-4-7-12-9/h3-8,15H,1-2H3. The lowest BCUT2D eigenvalue weighted by atomic mass is 10.3. The van der Waals surface area contributed by atoms with Gasteiger partial charge in [0.2, 0.25) is 0 Å². The number of hydrogen-bond acceptors (Lipinski definition) is 3. The maximum atomic E-state index is 4.45. The summed E-state index contributed by atoms with van der Waals surface area (Å²) < 4.78 is 1.82. The molecule has 0 bridgehead atoms. The van der Waals surface area contributed by atoms with E-state index in [-0.39, 0.29) is 4.87 Å². The molecule has 0 aliphatic rings. The van der Waals surface area contributed by atoms with Crippen molar-refractivity contribution in [2.24, 2.45) is 0 Å². The summed E-state index contributed by atoms with van der Waals surface area (Å²) in [6.45, 7) is 3.98. The van der Waals surface area contributed by atoms with Crippen molar-refractivity contribution in [1.82, 2.24) is 14.8 Å². The Kier molecular flexibility index (Phi) is 2.52. The van der Waals surface area contributed by atoms with E-state index in [0.717, 1.165) is 11.4 Å². The Morgan fingerprint density at radius 3 is 2.53 bits per heavy atom. The van der Waals surface area contributed by atoms with Gasteiger partial charge in [-0.05, 0) is 32.0 Å². The summed E-state index contributed by atoms with van der Waals surface area (Å²) in [6.07, 6.45) is 3.68. The van der Waals surface area contributed by atoms with Gasteiger partial charge >= 0.3 is 0 Å². The lowest BCUT2D eigenvalue weighted by Crippen LogP contribution is -2.19. The van der Waals surface area contributed by atoms with Crippen LogP contribution in [-0.2, 0) is 4.87 Å². The highest BCUT2D eigenvalue weighted by Crippen LogP contribution is 2.21. The molecule has 3 nitrogen and oxygen atoms in total. The summed E-state index contributed by atoms with van der Waals surface area (Å²) in [4.78, 5) is 3.96. The van der Waals surface area contributed by atoms with Crippen LogP contribution in [0.3, 0.4) is 0 Å². The number of nitrogens with zero attached hydrogens (tertiary/aromatic N) is 3. The van der Waals surface area contributed by atoms with Crippen LogP contribution >= 0.6 is 12.6 Å². The van der Waals surface area contributed by atoms with E-state index in [2.05, 4.69) is 22.7 Å². The van der Waals surface area contributed by atoms with E-state index < -0.39 is 0 Å². The zero-order valence-electron chi connectivity index (χ0n) is 8.75. The van der Waals surface area contributed by atoms with Crippen LogP contribution in [-0.4, -0.2) is 14.8 Å². The lowest BCUT2D eigenvalue weighted by Gasteiger charge is -2.17. The molecule has 78 valence electrons. The first-order valence-electron chi connectivity index (χ1n) is 4.77. The van der Waals surface area contributed by atoms with Gasteiger partial charge in [-0.25, -0.2) is 0 Å². The molecule has 0 aliphatic carbocycles. The van der Waals surface area contributed by atoms with E-state index in [4.69, 9.17) is 0 Å². The average Bonchev–Trinajstić information content (AvgIpc) is 2.67. The van der Waals surface area contributed by atoms with Crippen LogP contribution in [0.4, 0.5) is 0 Å². The molecule has 2 aromatic rings. The van der Waals surface area contributed by atoms with E-state index in [1.165, 1.54) is 0 Å². The fourth-order valence-electron chi connectivity index (χ4n) is 1.28. The molecular formula is C11H13N3S. The van der Waals surface area contributed by atoms with Gasteiger partial charge in [-0.1, -0.05) is 6.07 Å². The molecule has 0 unspecified atom stereocenters. The molecule has 0 amide bonds. The van der Waals surface area contributed by atoms with Crippen LogP contribution in [0.2, 0.25) is 0 Å². The first kappa shape index (κ1) is 10.2. The minimum Gasteiger partial charge on any atom is -0.257 e. The normalized spacial score (nSPS) is 11.7. The number of thiol groups is 1. The largest absolute Gasteiger partial charge is 0.257 e. The molecule has 0 spiro atoms. The summed E-state index contributed by atoms with van der Waals surface area (Å²) in [6, 6.07) is 7.73. The van der Waals surface area contributed by atoms with Crippen molar-refractivity contribution in [3.8, 4) is 11.4 Å². The Bertz CT molecular complexity index is 442. The Morgan fingerprint density at radius 2 is 2.00 bits per heavy atom. The number of aromatic nitrogens is 3. The van der Waals surface area contributed by atoms with Gasteiger partial charge in [-0.2, -0.15) is 5.10 Å². The second-order valence-electron chi connectivity index (χ2n) is 3.85. The Hall–Kier alpha value is -1.29. The van der Waals surface area contributed by atoms with Crippen LogP contribution in [0.25, 0.3) is 11.4 Å². The second kappa shape index (κ2) is 3.70.